The summed E-state index contributed by atoms with van der Waals surface area (Å²) in [5.41, 5.74) is 0. The SMILES string of the molecule is c1csc(CC2CCNCC2)n1. The van der Waals surface area contributed by atoms with Crippen LogP contribution in [0.2, 0.25) is 0 Å². The highest BCUT2D eigenvalue weighted by Gasteiger charge is 2.14. The highest BCUT2D eigenvalue weighted by atomic mass is 32.1. The van der Waals surface area contributed by atoms with Gasteiger partial charge in [-0.15, -0.1) is 11.3 Å². The fourth-order valence-electron chi connectivity index (χ4n) is 1.69. The van der Waals surface area contributed by atoms with Crippen molar-refractivity contribution >= 4 is 11.3 Å². The minimum Gasteiger partial charge on any atom is -0.317 e. The maximum Gasteiger partial charge on any atom is 0.0927 e. The van der Waals surface area contributed by atoms with Crippen LogP contribution < -0.4 is 5.32 Å². The second-order valence-corrected chi connectivity index (χ2v) is 4.30. The summed E-state index contributed by atoms with van der Waals surface area (Å²) in [6, 6.07) is 0. The van der Waals surface area contributed by atoms with Gasteiger partial charge in [-0.05, 0) is 31.8 Å². The molecule has 1 fully saturated rings. The van der Waals surface area contributed by atoms with Gasteiger partial charge in [-0.25, -0.2) is 4.98 Å². The zero-order chi connectivity index (χ0) is 8.23. The average Bonchev–Trinajstić information content (AvgIpc) is 2.59. The Hall–Kier alpha value is -0.410. The van der Waals surface area contributed by atoms with Gasteiger partial charge in [0.2, 0.25) is 0 Å². The first kappa shape index (κ1) is 8.20. The van der Waals surface area contributed by atoms with Crippen LogP contribution in [0.25, 0.3) is 0 Å². The monoisotopic (exact) mass is 182 g/mol. The van der Waals surface area contributed by atoms with Gasteiger partial charge in [0.25, 0.3) is 0 Å². The number of hydrogen-bond acceptors (Lipinski definition) is 3. The summed E-state index contributed by atoms with van der Waals surface area (Å²) in [7, 11) is 0. The first-order valence-electron chi connectivity index (χ1n) is 4.54. The summed E-state index contributed by atoms with van der Waals surface area (Å²) in [6.45, 7) is 2.38. The van der Waals surface area contributed by atoms with Crippen molar-refractivity contribution in [3.05, 3.63) is 16.6 Å². The molecule has 0 spiro atoms. The maximum atomic E-state index is 4.31. The molecule has 0 bridgehead atoms. The molecule has 0 amide bonds. The minimum absolute atomic E-state index is 0.873. The second-order valence-electron chi connectivity index (χ2n) is 3.32. The number of piperidine rings is 1. The van der Waals surface area contributed by atoms with Crippen LogP contribution in [-0.2, 0) is 6.42 Å². The molecule has 1 aromatic heterocycles. The first-order chi connectivity index (χ1) is 5.95. The van der Waals surface area contributed by atoms with Crippen LogP contribution in [0.15, 0.2) is 11.6 Å². The number of hydrogen-bond donors (Lipinski definition) is 1. The third kappa shape index (κ3) is 2.05. The molecule has 1 N–H and O–H groups in total. The molecule has 66 valence electrons. The highest BCUT2D eigenvalue weighted by Crippen LogP contribution is 2.18. The minimum atomic E-state index is 0.873. The zero-order valence-electron chi connectivity index (χ0n) is 7.12. The molecule has 0 radical (unpaired) electrons. The molecule has 1 aliphatic heterocycles. The molecular formula is C9H14N2S. The molecule has 2 heterocycles. The third-order valence-electron chi connectivity index (χ3n) is 2.41. The van der Waals surface area contributed by atoms with Gasteiger partial charge < -0.3 is 5.32 Å². The molecule has 0 aliphatic carbocycles. The van der Waals surface area contributed by atoms with E-state index in [9.17, 15) is 0 Å². The summed E-state index contributed by atoms with van der Waals surface area (Å²) >= 11 is 1.79. The number of rotatable bonds is 2. The Morgan fingerprint density at radius 2 is 2.33 bits per heavy atom. The van der Waals surface area contributed by atoms with Crippen molar-refractivity contribution in [1.29, 1.82) is 0 Å². The van der Waals surface area contributed by atoms with Crippen LogP contribution in [0.1, 0.15) is 17.8 Å². The van der Waals surface area contributed by atoms with Crippen LogP contribution in [0.5, 0.6) is 0 Å². The smallest absolute Gasteiger partial charge is 0.0927 e. The third-order valence-corrected chi connectivity index (χ3v) is 3.21. The molecule has 0 unspecified atom stereocenters. The number of thiazole rings is 1. The molecule has 0 saturated carbocycles. The predicted octanol–water partition coefficient (Wildman–Crippen LogP) is 1.69. The fourth-order valence-corrected chi connectivity index (χ4v) is 2.42. The van der Waals surface area contributed by atoms with Gasteiger partial charge >= 0.3 is 0 Å². The molecule has 3 heteroatoms. The highest BCUT2D eigenvalue weighted by molar-refractivity contribution is 7.09. The van der Waals surface area contributed by atoms with E-state index < -0.39 is 0 Å². The van der Waals surface area contributed by atoms with Crippen LogP contribution >= 0.6 is 11.3 Å². The van der Waals surface area contributed by atoms with Crippen molar-refractivity contribution in [2.75, 3.05) is 13.1 Å². The van der Waals surface area contributed by atoms with E-state index in [0.717, 1.165) is 5.92 Å². The number of nitrogens with zero attached hydrogens (tertiary/aromatic N) is 1. The molecule has 0 atom stereocenters. The van der Waals surface area contributed by atoms with Gasteiger partial charge in [0.15, 0.2) is 0 Å². The fraction of sp³-hybridized carbons (Fsp3) is 0.667. The summed E-state index contributed by atoms with van der Waals surface area (Å²) in [4.78, 5) is 4.31. The van der Waals surface area contributed by atoms with E-state index in [0.29, 0.717) is 0 Å². The predicted molar refractivity (Wildman–Crippen MR) is 51.4 cm³/mol. The van der Waals surface area contributed by atoms with E-state index in [1.807, 2.05) is 6.20 Å². The van der Waals surface area contributed by atoms with E-state index >= 15 is 0 Å². The lowest BCUT2D eigenvalue weighted by atomic mass is 9.95. The molecular weight excluding hydrogens is 168 g/mol. The van der Waals surface area contributed by atoms with Crippen molar-refractivity contribution in [1.82, 2.24) is 10.3 Å². The van der Waals surface area contributed by atoms with Gasteiger partial charge in [0.1, 0.15) is 0 Å². The molecule has 2 rings (SSSR count). The standard InChI is InChI=1S/C9H14N2S/c1-3-10-4-2-8(1)7-9-11-5-6-12-9/h5-6,8,10H,1-4,7H2. The van der Waals surface area contributed by atoms with Gasteiger partial charge in [-0.1, -0.05) is 0 Å². The Balaban J connectivity index is 1.86. The Kier molecular flexibility index (Phi) is 2.74. The second kappa shape index (κ2) is 4.01. The van der Waals surface area contributed by atoms with E-state index in [4.69, 9.17) is 0 Å². The normalized spacial score (nSPS) is 19.7. The number of nitrogens with one attached hydrogen (secondary N) is 1. The first-order valence-corrected chi connectivity index (χ1v) is 5.42. The lowest BCUT2D eigenvalue weighted by Gasteiger charge is -2.21. The number of aromatic nitrogens is 1. The summed E-state index contributed by atoms with van der Waals surface area (Å²) < 4.78 is 0. The van der Waals surface area contributed by atoms with E-state index in [1.54, 1.807) is 11.3 Å². The van der Waals surface area contributed by atoms with Crippen molar-refractivity contribution in [2.45, 2.75) is 19.3 Å². The molecule has 2 nitrogen and oxygen atoms in total. The van der Waals surface area contributed by atoms with Gasteiger partial charge in [-0.2, -0.15) is 0 Å². The van der Waals surface area contributed by atoms with Crippen LogP contribution in [0, 0.1) is 5.92 Å². The van der Waals surface area contributed by atoms with E-state index in [-0.39, 0.29) is 0 Å². The lowest BCUT2D eigenvalue weighted by Crippen LogP contribution is -2.28. The molecule has 1 aromatic rings. The maximum absolute atomic E-state index is 4.31. The van der Waals surface area contributed by atoms with Gasteiger partial charge in [0, 0.05) is 18.0 Å². The Morgan fingerprint density at radius 1 is 1.50 bits per heavy atom. The summed E-state index contributed by atoms with van der Waals surface area (Å²) in [5.74, 6) is 0.873. The van der Waals surface area contributed by atoms with Crippen LogP contribution in [0.3, 0.4) is 0 Å². The van der Waals surface area contributed by atoms with E-state index in [2.05, 4.69) is 15.7 Å². The average molecular weight is 182 g/mol. The van der Waals surface area contributed by atoms with Crippen LogP contribution in [0.4, 0.5) is 0 Å². The van der Waals surface area contributed by atoms with E-state index in [1.165, 1.54) is 37.4 Å². The topological polar surface area (TPSA) is 24.9 Å². The largest absolute Gasteiger partial charge is 0.317 e. The summed E-state index contributed by atoms with van der Waals surface area (Å²) in [5, 5.41) is 6.75. The molecule has 1 aliphatic rings. The van der Waals surface area contributed by atoms with Crippen molar-refractivity contribution in [3.63, 3.8) is 0 Å². The van der Waals surface area contributed by atoms with Crippen molar-refractivity contribution in [3.8, 4) is 0 Å². The lowest BCUT2D eigenvalue weighted by molar-refractivity contribution is 0.372. The van der Waals surface area contributed by atoms with Gasteiger partial charge in [-0.3, -0.25) is 0 Å². The Bertz CT molecular complexity index is 214. The Morgan fingerprint density at radius 3 is 3.00 bits per heavy atom. The Labute approximate surface area is 77.0 Å². The zero-order valence-corrected chi connectivity index (χ0v) is 7.94. The molecule has 12 heavy (non-hydrogen) atoms. The summed E-state index contributed by atoms with van der Waals surface area (Å²) in [6.07, 6.45) is 5.74. The van der Waals surface area contributed by atoms with Crippen molar-refractivity contribution in [2.24, 2.45) is 5.92 Å². The molecule has 1 saturated heterocycles. The van der Waals surface area contributed by atoms with Gasteiger partial charge in [0.05, 0.1) is 5.01 Å². The van der Waals surface area contributed by atoms with Crippen LogP contribution in [-0.4, -0.2) is 18.1 Å². The van der Waals surface area contributed by atoms with Crippen molar-refractivity contribution < 1.29 is 0 Å². The quantitative estimate of drug-likeness (QED) is 0.753. The molecule has 0 aromatic carbocycles.